The number of anilines is 3. The molecule has 0 unspecified atom stereocenters. The first-order valence-electron chi connectivity index (χ1n) is 10.2. The molecule has 0 spiro atoms. The lowest BCUT2D eigenvalue weighted by Crippen LogP contribution is -2.14. The molecule has 3 rings (SSSR count). The maximum absolute atomic E-state index is 14.2. The zero-order valence-corrected chi connectivity index (χ0v) is 18.7. The third kappa shape index (κ3) is 6.42. The van der Waals surface area contributed by atoms with Gasteiger partial charge in [-0.05, 0) is 6.92 Å². The van der Waals surface area contributed by atoms with Gasteiger partial charge in [0.15, 0.2) is 5.75 Å². The number of nitrogens with one attached hydrogen (secondary N) is 2. The molecule has 0 aliphatic heterocycles. The zero-order chi connectivity index (χ0) is 24.0. The Labute approximate surface area is 189 Å². The van der Waals surface area contributed by atoms with Crippen LogP contribution in [0.25, 0.3) is 11.3 Å². The average molecular weight is 461 g/mol. The molecule has 2 N–H and O–H groups in total. The summed E-state index contributed by atoms with van der Waals surface area (Å²) < 4.78 is 40.6. The van der Waals surface area contributed by atoms with Crippen LogP contribution >= 0.6 is 0 Å². The summed E-state index contributed by atoms with van der Waals surface area (Å²) in [6.07, 6.45) is 4.65. The minimum absolute atomic E-state index is 0.113. The number of hydrogen-bond donors (Lipinski definition) is 2. The van der Waals surface area contributed by atoms with E-state index in [1.165, 1.54) is 31.5 Å². The molecule has 0 fully saturated rings. The third-order valence-electron chi connectivity index (χ3n) is 4.31. The van der Waals surface area contributed by atoms with Crippen molar-refractivity contribution in [2.45, 2.75) is 33.2 Å². The Morgan fingerprint density at radius 2 is 2.00 bits per heavy atom. The second-order valence-electron chi connectivity index (χ2n) is 7.14. The normalized spacial score (nSPS) is 11.3. The lowest BCUT2D eigenvalue weighted by atomic mass is 10.2. The Morgan fingerprint density at radius 1 is 1.21 bits per heavy atom. The molecule has 0 aromatic carbocycles. The second-order valence-corrected chi connectivity index (χ2v) is 7.14. The number of ether oxygens (including phenoxy) is 2. The molecule has 12 heteroatoms. The standard InChI is InChI=1S/C21H25F2N7O3/c1-5-33-17-11-24-18(26-13(2)31)9-16(17)27-19-8-15(28-20(29-19)21(3,22)23)14-10-25-30(12-14)6-7-32-4/h8-12H,5-7H2,1-4H3,(H2,24,26,27,28,29,31). The van der Waals surface area contributed by atoms with E-state index >= 15 is 0 Å². The van der Waals surface area contributed by atoms with Gasteiger partial charge in [-0.2, -0.15) is 13.9 Å². The van der Waals surface area contributed by atoms with Crippen molar-refractivity contribution in [3.05, 3.63) is 36.5 Å². The number of halogens is 2. The predicted molar refractivity (Wildman–Crippen MR) is 118 cm³/mol. The summed E-state index contributed by atoms with van der Waals surface area (Å²) in [4.78, 5) is 23.5. The minimum Gasteiger partial charge on any atom is -0.490 e. The van der Waals surface area contributed by atoms with Gasteiger partial charge in [-0.15, -0.1) is 0 Å². The fraction of sp³-hybridized carbons (Fsp3) is 0.381. The van der Waals surface area contributed by atoms with Crippen LogP contribution in [0.1, 0.15) is 26.6 Å². The molecule has 0 bridgehead atoms. The first-order valence-corrected chi connectivity index (χ1v) is 10.2. The first-order chi connectivity index (χ1) is 15.7. The number of carbonyl (C=O) groups is 1. The van der Waals surface area contributed by atoms with Gasteiger partial charge in [0.1, 0.15) is 11.6 Å². The van der Waals surface area contributed by atoms with E-state index in [1.807, 2.05) is 0 Å². The van der Waals surface area contributed by atoms with Crippen LogP contribution < -0.4 is 15.4 Å². The fourth-order valence-corrected chi connectivity index (χ4v) is 2.86. The smallest absolute Gasteiger partial charge is 0.303 e. The minimum atomic E-state index is -3.28. The molecule has 176 valence electrons. The SMILES string of the molecule is CCOc1cnc(NC(C)=O)cc1Nc1cc(-c2cnn(CCOC)c2)nc(C(C)(F)F)n1. The van der Waals surface area contributed by atoms with Gasteiger partial charge < -0.3 is 20.1 Å². The number of rotatable bonds is 10. The van der Waals surface area contributed by atoms with Gasteiger partial charge in [-0.1, -0.05) is 0 Å². The molecule has 0 radical (unpaired) electrons. The molecule has 3 heterocycles. The van der Waals surface area contributed by atoms with E-state index in [4.69, 9.17) is 9.47 Å². The van der Waals surface area contributed by atoms with Crippen molar-refractivity contribution in [1.82, 2.24) is 24.7 Å². The predicted octanol–water partition coefficient (Wildman–Crippen LogP) is 3.59. The molecule has 0 atom stereocenters. The molecule has 0 saturated heterocycles. The van der Waals surface area contributed by atoms with Gasteiger partial charge in [0, 0.05) is 44.9 Å². The molecule has 3 aromatic heterocycles. The van der Waals surface area contributed by atoms with Crippen LogP contribution in [0.4, 0.5) is 26.1 Å². The van der Waals surface area contributed by atoms with Crippen molar-refractivity contribution in [3.63, 3.8) is 0 Å². The van der Waals surface area contributed by atoms with Crippen molar-refractivity contribution in [1.29, 1.82) is 0 Å². The van der Waals surface area contributed by atoms with E-state index in [0.29, 0.717) is 36.8 Å². The van der Waals surface area contributed by atoms with E-state index < -0.39 is 11.7 Å². The fourth-order valence-electron chi connectivity index (χ4n) is 2.86. The zero-order valence-electron chi connectivity index (χ0n) is 18.7. The maximum atomic E-state index is 14.2. The topological polar surface area (TPSA) is 116 Å². The van der Waals surface area contributed by atoms with Crippen molar-refractivity contribution in [2.75, 3.05) is 31.0 Å². The summed E-state index contributed by atoms with van der Waals surface area (Å²) in [5.74, 6) is -3.49. The van der Waals surface area contributed by atoms with Crippen molar-refractivity contribution >= 4 is 23.2 Å². The van der Waals surface area contributed by atoms with E-state index in [-0.39, 0.29) is 23.2 Å². The van der Waals surface area contributed by atoms with Crippen LogP contribution in [0.2, 0.25) is 0 Å². The van der Waals surface area contributed by atoms with E-state index in [9.17, 15) is 13.6 Å². The van der Waals surface area contributed by atoms with Crippen LogP contribution in [-0.4, -0.2) is 51.0 Å². The number of methoxy groups -OCH3 is 1. The van der Waals surface area contributed by atoms with Crippen LogP contribution in [0.15, 0.2) is 30.7 Å². The number of pyridine rings is 1. The summed E-state index contributed by atoms with van der Waals surface area (Å²) in [7, 11) is 1.58. The maximum Gasteiger partial charge on any atom is 0.303 e. The van der Waals surface area contributed by atoms with E-state index in [2.05, 4.69) is 30.7 Å². The van der Waals surface area contributed by atoms with Crippen molar-refractivity contribution in [2.24, 2.45) is 0 Å². The highest BCUT2D eigenvalue weighted by atomic mass is 19.3. The van der Waals surface area contributed by atoms with Gasteiger partial charge >= 0.3 is 5.92 Å². The molecule has 3 aromatic rings. The van der Waals surface area contributed by atoms with Gasteiger partial charge in [0.2, 0.25) is 11.7 Å². The summed E-state index contributed by atoms with van der Waals surface area (Å²) >= 11 is 0. The number of aromatic nitrogens is 5. The summed E-state index contributed by atoms with van der Waals surface area (Å²) in [5, 5.41) is 9.77. The number of hydrogen-bond acceptors (Lipinski definition) is 8. The Morgan fingerprint density at radius 3 is 2.67 bits per heavy atom. The summed E-state index contributed by atoms with van der Waals surface area (Å²) in [6, 6.07) is 3.06. The second kappa shape index (κ2) is 10.3. The molecule has 10 nitrogen and oxygen atoms in total. The van der Waals surface area contributed by atoms with Crippen molar-refractivity contribution in [3.8, 4) is 17.0 Å². The highest BCUT2D eigenvalue weighted by Gasteiger charge is 2.29. The average Bonchev–Trinajstić information content (AvgIpc) is 3.22. The molecule has 1 amide bonds. The Bertz CT molecular complexity index is 1120. The monoisotopic (exact) mass is 461 g/mol. The lowest BCUT2D eigenvalue weighted by Gasteiger charge is -2.16. The highest BCUT2D eigenvalue weighted by molar-refractivity contribution is 5.88. The number of alkyl halides is 2. The van der Waals surface area contributed by atoms with Gasteiger partial charge in [-0.3, -0.25) is 9.48 Å². The molecule has 33 heavy (non-hydrogen) atoms. The molecule has 0 saturated carbocycles. The van der Waals surface area contributed by atoms with Crippen LogP contribution in [-0.2, 0) is 22.0 Å². The summed E-state index contributed by atoms with van der Waals surface area (Å²) in [5.41, 5.74) is 1.20. The van der Waals surface area contributed by atoms with Gasteiger partial charge in [-0.25, -0.2) is 15.0 Å². The molecule has 0 aliphatic rings. The quantitative estimate of drug-likeness (QED) is 0.471. The number of carbonyl (C=O) groups excluding carboxylic acids is 1. The number of nitrogens with zero attached hydrogens (tertiary/aromatic N) is 5. The van der Waals surface area contributed by atoms with Crippen LogP contribution in [0.3, 0.4) is 0 Å². The third-order valence-corrected chi connectivity index (χ3v) is 4.31. The lowest BCUT2D eigenvalue weighted by molar-refractivity contribution is -0.114. The van der Waals surface area contributed by atoms with E-state index in [0.717, 1.165) is 6.92 Å². The Hall–Kier alpha value is -3.67. The largest absolute Gasteiger partial charge is 0.490 e. The Balaban J connectivity index is 2.01. The van der Waals surface area contributed by atoms with Crippen molar-refractivity contribution < 1.29 is 23.0 Å². The van der Waals surface area contributed by atoms with Crippen LogP contribution in [0, 0.1) is 0 Å². The number of amides is 1. The Kier molecular flexibility index (Phi) is 7.48. The van der Waals surface area contributed by atoms with E-state index in [1.54, 1.807) is 24.9 Å². The highest BCUT2D eigenvalue weighted by Crippen LogP contribution is 2.32. The molecule has 0 aliphatic carbocycles. The van der Waals surface area contributed by atoms with Gasteiger partial charge in [0.05, 0.1) is 43.5 Å². The summed E-state index contributed by atoms with van der Waals surface area (Å²) in [6.45, 7) is 5.18. The molecular formula is C21H25F2N7O3. The molecular weight excluding hydrogens is 436 g/mol. The first kappa shape index (κ1) is 24.0. The van der Waals surface area contributed by atoms with Crippen LogP contribution in [0.5, 0.6) is 5.75 Å². The van der Waals surface area contributed by atoms with Gasteiger partial charge in [0.25, 0.3) is 0 Å².